The fourth-order valence-corrected chi connectivity index (χ4v) is 4.71. The summed E-state index contributed by atoms with van der Waals surface area (Å²) in [5, 5.41) is 1.31. The Balaban J connectivity index is 1.63. The Kier molecular flexibility index (Phi) is 8.37. The summed E-state index contributed by atoms with van der Waals surface area (Å²) in [6.45, 7) is 9.03. The van der Waals surface area contributed by atoms with Crippen LogP contribution in [0.1, 0.15) is 70.8 Å². The third-order valence-electron chi connectivity index (χ3n) is 6.51. The largest absolute Gasteiger partial charge is 0.344 e. The van der Waals surface area contributed by atoms with Gasteiger partial charge in [0.2, 0.25) is 0 Å². The summed E-state index contributed by atoms with van der Waals surface area (Å²) in [5.41, 5.74) is 6.85. The van der Waals surface area contributed by atoms with Gasteiger partial charge in [-0.05, 0) is 73.8 Å². The van der Waals surface area contributed by atoms with Crippen molar-refractivity contribution in [2.75, 3.05) is 0 Å². The number of fused-ring (bicyclic) bond motifs is 1. The van der Waals surface area contributed by atoms with E-state index in [0.717, 1.165) is 6.42 Å². The van der Waals surface area contributed by atoms with Gasteiger partial charge in [-0.3, -0.25) is 0 Å². The average Bonchev–Trinajstić information content (AvgIpc) is 3.10. The van der Waals surface area contributed by atoms with Gasteiger partial charge in [0.05, 0.1) is 0 Å². The number of aromatic nitrogens is 1. The first kappa shape index (κ1) is 22.4. The van der Waals surface area contributed by atoms with E-state index in [4.69, 9.17) is 0 Å². The van der Waals surface area contributed by atoms with E-state index in [1.807, 2.05) is 0 Å². The lowest BCUT2D eigenvalue weighted by Crippen LogP contribution is -2.05. The number of rotatable bonds is 12. The van der Waals surface area contributed by atoms with E-state index in [1.165, 1.54) is 84.7 Å². The lowest BCUT2D eigenvalue weighted by Gasteiger charge is -2.19. The van der Waals surface area contributed by atoms with Crippen molar-refractivity contribution in [3.8, 4) is 11.3 Å². The van der Waals surface area contributed by atoms with E-state index in [9.17, 15) is 0 Å². The Bertz CT molecular complexity index is 946. The fourth-order valence-electron chi connectivity index (χ4n) is 4.71. The number of nitrogens with zero attached hydrogens (tertiary/aromatic N) is 1. The van der Waals surface area contributed by atoms with E-state index in [2.05, 4.69) is 86.6 Å². The van der Waals surface area contributed by atoms with E-state index in [1.54, 1.807) is 0 Å². The number of hydrogen-bond donors (Lipinski definition) is 0. The molecule has 1 heteroatoms. The van der Waals surface area contributed by atoms with Crippen LogP contribution in [-0.2, 0) is 13.5 Å². The van der Waals surface area contributed by atoms with Gasteiger partial charge in [0.1, 0.15) is 0 Å². The van der Waals surface area contributed by atoms with Crippen molar-refractivity contribution in [1.82, 2.24) is 4.57 Å². The summed E-state index contributed by atoms with van der Waals surface area (Å²) >= 11 is 0. The molecule has 3 rings (SSSR count). The summed E-state index contributed by atoms with van der Waals surface area (Å²) in [6.07, 6.45) is 11.4. The van der Waals surface area contributed by atoms with Crippen LogP contribution in [-0.4, -0.2) is 4.57 Å². The molecule has 0 amide bonds. The zero-order chi connectivity index (χ0) is 21.3. The maximum Gasteiger partial charge on any atom is 0.0488 e. The van der Waals surface area contributed by atoms with Crippen LogP contribution in [0.3, 0.4) is 0 Å². The Morgan fingerprint density at radius 1 is 0.900 bits per heavy atom. The molecule has 0 aliphatic rings. The van der Waals surface area contributed by atoms with Gasteiger partial charge in [-0.25, -0.2) is 0 Å². The number of hydrogen-bond acceptors (Lipinski definition) is 0. The Morgan fingerprint density at radius 2 is 1.73 bits per heavy atom. The van der Waals surface area contributed by atoms with E-state index in [0.29, 0.717) is 5.92 Å². The molecule has 0 bridgehead atoms. The van der Waals surface area contributed by atoms with Crippen molar-refractivity contribution >= 4 is 10.9 Å². The number of allylic oxidation sites excluding steroid dienone is 1. The predicted octanol–water partition coefficient (Wildman–Crippen LogP) is 8.72. The second-order valence-corrected chi connectivity index (χ2v) is 8.84. The topological polar surface area (TPSA) is 4.93 Å². The minimum atomic E-state index is 0.702. The number of benzene rings is 2. The summed E-state index contributed by atoms with van der Waals surface area (Å²) in [6, 6.07) is 20.1. The van der Waals surface area contributed by atoms with Crippen LogP contribution >= 0.6 is 0 Å². The monoisotopic (exact) mass is 401 g/mol. The van der Waals surface area contributed by atoms with Crippen LogP contribution in [0, 0.1) is 5.92 Å². The number of unbranched alkanes of at least 4 members (excludes halogenated alkanes) is 2. The molecule has 0 saturated carbocycles. The molecule has 0 saturated heterocycles. The Labute approximate surface area is 183 Å². The van der Waals surface area contributed by atoms with Crippen LogP contribution in [0.4, 0.5) is 0 Å². The molecule has 160 valence electrons. The molecule has 1 unspecified atom stereocenters. The number of para-hydroxylation sites is 1. The summed E-state index contributed by atoms with van der Waals surface area (Å²) < 4.78 is 2.31. The highest BCUT2D eigenvalue weighted by molar-refractivity contribution is 5.86. The summed E-state index contributed by atoms with van der Waals surface area (Å²) in [4.78, 5) is 0. The first-order valence-electron chi connectivity index (χ1n) is 12.0. The molecule has 0 N–H and O–H groups in total. The molecule has 0 aliphatic carbocycles. The van der Waals surface area contributed by atoms with Crippen LogP contribution in [0.2, 0.25) is 0 Å². The van der Waals surface area contributed by atoms with Crippen molar-refractivity contribution in [3.05, 3.63) is 72.3 Å². The first-order chi connectivity index (χ1) is 14.6. The van der Waals surface area contributed by atoms with Crippen LogP contribution in [0.15, 0.2) is 66.7 Å². The van der Waals surface area contributed by atoms with Crippen LogP contribution in [0.25, 0.3) is 22.2 Å². The van der Waals surface area contributed by atoms with Crippen molar-refractivity contribution < 1.29 is 0 Å². The SMILES string of the molecule is C=C(CCCCC)C(CCC)CCCc1cccc(-c2cc3ccccc3n2C)c1. The first-order valence-corrected chi connectivity index (χ1v) is 12.0. The summed E-state index contributed by atoms with van der Waals surface area (Å²) in [5.74, 6) is 0.702. The molecule has 30 heavy (non-hydrogen) atoms. The highest BCUT2D eigenvalue weighted by Crippen LogP contribution is 2.29. The highest BCUT2D eigenvalue weighted by atomic mass is 14.9. The molecule has 2 aromatic carbocycles. The quantitative estimate of drug-likeness (QED) is 0.211. The standard InChI is InChI=1S/C29H39N/c1-5-7-8-14-23(3)25(13-6-2)18-11-15-24-16-12-19-26(21-24)29-22-27-17-9-10-20-28(27)30(29)4/h9-10,12,16-17,19-22,25H,3,5-8,11,13-15,18H2,1-2,4H3. The van der Waals surface area contributed by atoms with Gasteiger partial charge in [0.25, 0.3) is 0 Å². The molecular weight excluding hydrogens is 362 g/mol. The van der Waals surface area contributed by atoms with Gasteiger partial charge in [0, 0.05) is 23.6 Å². The van der Waals surface area contributed by atoms with Crippen molar-refractivity contribution in [1.29, 1.82) is 0 Å². The van der Waals surface area contributed by atoms with Gasteiger partial charge >= 0.3 is 0 Å². The zero-order valence-corrected chi connectivity index (χ0v) is 19.3. The molecule has 0 aliphatic heterocycles. The second kappa shape index (κ2) is 11.2. The number of aryl methyl sites for hydroxylation is 2. The normalized spacial score (nSPS) is 12.4. The average molecular weight is 402 g/mol. The minimum absolute atomic E-state index is 0.702. The van der Waals surface area contributed by atoms with Gasteiger partial charge in [0.15, 0.2) is 0 Å². The van der Waals surface area contributed by atoms with Gasteiger partial charge in [-0.2, -0.15) is 0 Å². The smallest absolute Gasteiger partial charge is 0.0488 e. The molecule has 1 aromatic heterocycles. The lowest BCUT2D eigenvalue weighted by molar-refractivity contribution is 0.474. The Hall–Kier alpha value is -2.28. The maximum atomic E-state index is 4.45. The van der Waals surface area contributed by atoms with E-state index >= 15 is 0 Å². The van der Waals surface area contributed by atoms with Gasteiger partial charge in [-0.1, -0.05) is 81.7 Å². The summed E-state index contributed by atoms with van der Waals surface area (Å²) in [7, 11) is 2.17. The van der Waals surface area contributed by atoms with Gasteiger partial charge < -0.3 is 4.57 Å². The molecule has 1 nitrogen and oxygen atoms in total. The molecule has 0 spiro atoms. The predicted molar refractivity (Wildman–Crippen MR) is 133 cm³/mol. The third-order valence-corrected chi connectivity index (χ3v) is 6.51. The molecular formula is C29H39N. The molecule has 0 radical (unpaired) electrons. The lowest BCUT2D eigenvalue weighted by atomic mass is 9.87. The van der Waals surface area contributed by atoms with Crippen molar-refractivity contribution in [2.24, 2.45) is 13.0 Å². The maximum absolute atomic E-state index is 4.45. The zero-order valence-electron chi connectivity index (χ0n) is 19.3. The van der Waals surface area contributed by atoms with E-state index in [-0.39, 0.29) is 0 Å². The van der Waals surface area contributed by atoms with Crippen LogP contribution < -0.4 is 0 Å². The van der Waals surface area contributed by atoms with Crippen molar-refractivity contribution in [2.45, 2.75) is 71.6 Å². The van der Waals surface area contributed by atoms with Gasteiger partial charge in [-0.15, -0.1) is 0 Å². The minimum Gasteiger partial charge on any atom is -0.344 e. The van der Waals surface area contributed by atoms with E-state index < -0.39 is 0 Å². The molecule has 3 aromatic rings. The highest BCUT2D eigenvalue weighted by Gasteiger charge is 2.12. The third kappa shape index (κ3) is 5.65. The fraction of sp³-hybridized carbons (Fsp3) is 0.448. The van der Waals surface area contributed by atoms with Crippen molar-refractivity contribution in [3.63, 3.8) is 0 Å². The molecule has 1 atom stereocenters. The Morgan fingerprint density at radius 3 is 2.50 bits per heavy atom. The molecule has 1 heterocycles. The van der Waals surface area contributed by atoms with Crippen LogP contribution in [0.5, 0.6) is 0 Å². The second-order valence-electron chi connectivity index (χ2n) is 8.84. The molecule has 0 fully saturated rings.